The highest BCUT2D eigenvalue weighted by atomic mass is 79.9. The summed E-state index contributed by atoms with van der Waals surface area (Å²) in [4.78, 5) is 24.6. The Bertz CT molecular complexity index is 1680. The predicted molar refractivity (Wildman–Crippen MR) is 176 cm³/mol. The number of nitrogens with one attached hydrogen (secondary N) is 3. The molecular formula is C32H31Br2N5O7. The second-order valence-electron chi connectivity index (χ2n) is 9.79. The molecule has 0 radical (unpaired) electrons. The number of halogens is 2. The first-order valence-corrected chi connectivity index (χ1v) is 15.6. The molecule has 0 unspecified atom stereocenters. The van der Waals surface area contributed by atoms with Gasteiger partial charge in [-0.1, -0.05) is 24.3 Å². The summed E-state index contributed by atoms with van der Waals surface area (Å²) in [5, 5.41) is 29.2. The van der Waals surface area contributed by atoms with E-state index < -0.39 is 24.3 Å². The number of esters is 1. The molecule has 0 saturated carbocycles. The van der Waals surface area contributed by atoms with E-state index in [0.29, 0.717) is 55.2 Å². The zero-order valence-electron chi connectivity index (χ0n) is 25.1. The van der Waals surface area contributed by atoms with Crippen LogP contribution < -0.4 is 30.3 Å². The fourth-order valence-electron chi connectivity index (χ4n) is 4.52. The summed E-state index contributed by atoms with van der Waals surface area (Å²) in [7, 11) is 1.27. The number of hydrogen-bond acceptors (Lipinski definition) is 10. The highest BCUT2D eigenvalue weighted by Gasteiger charge is 2.32. The van der Waals surface area contributed by atoms with Gasteiger partial charge in [-0.05, 0) is 87.2 Å². The molecule has 1 aliphatic rings. The van der Waals surface area contributed by atoms with Crippen LogP contribution in [0.4, 0.5) is 4.79 Å². The lowest BCUT2D eigenvalue weighted by Gasteiger charge is -2.28. The number of allylic oxidation sites excluding steroid dienone is 1. The van der Waals surface area contributed by atoms with E-state index in [1.807, 2.05) is 12.1 Å². The lowest BCUT2D eigenvalue weighted by molar-refractivity contribution is -0.136. The van der Waals surface area contributed by atoms with E-state index >= 15 is 0 Å². The van der Waals surface area contributed by atoms with Crippen LogP contribution in [0.25, 0.3) is 0 Å². The molecule has 0 spiro atoms. The minimum Gasteiger partial charge on any atom is -0.490 e. The second-order valence-corrected chi connectivity index (χ2v) is 11.5. The molecule has 0 aliphatic carbocycles. The number of carbonyl (C=O) groups excluding carboxylic acids is 2. The average Bonchev–Trinajstić information content (AvgIpc) is 3.03. The Balaban J connectivity index is 1.37. The van der Waals surface area contributed by atoms with Crippen molar-refractivity contribution in [3.8, 4) is 23.3 Å². The van der Waals surface area contributed by atoms with Crippen molar-refractivity contribution in [2.75, 3.05) is 20.3 Å². The predicted octanol–water partition coefficient (Wildman–Crippen LogP) is 5.18. The van der Waals surface area contributed by atoms with E-state index in [2.05, 4.69) is 59.1 Å². The molecular weight excluding hydrogens is 726 g/mol. The number of rotatable bonds is 13. The van der Waals surface area contributed by atoms with Crippen LogP contribution in [0, 0.1) is 11.3 Å². The maximum absolute atomic E-state index is 12.5. The normalized spacial score (nSPS) is 15.0. The SMILES string of the molecule is CCOc1cc([C@H]2NC(=O)NC(C)=C2C(=O)OC)ccc1OC[C@H](O)N/N=C\c1cc(Br)c(OCc2ccccc2C#N)c(Br)c1. The molecule has 0 fully saturated rings. The number of aliphatic hydroxyl groups excluding tert-OH is 1. The van der Waals surface area contributed by atoms with Gasteiger partial charge in [0.1, 0.15) is 19.0 Å². The van der Waals surface area contributed by atoms with Gasteiger partial charge in [-0.3, -0.25) is 5.43 Å². The Morgan fingerprint density at radius 1 is 1.13 bits per heavy atom. The number of urea groups is 1. The Kier molecular flexibility index (Phi) is 12.0. The van der Waals surface area contributed by atoms with Gasteiger partial charge in [0, 0.05) is 11.3 Å². The van der Waals surface area contributed by atoms with Crippen molar-refractivity contribution in [1.82, 2.24) is 16.1 Å². The van der Waals surface area contributed by atoms with Gasteiger partial charge in [0.15, 0.2) is 17.7 Å². The molecule has 4 N–H and O–H groups in total. The number of nitriles is 1. The summed E-state index contributed by atoms with van der Waals surface area (Å²) >= 11 is 7.03. The number of carbonyl (C=O) groups is 2. The first-order chi connectivity index (χ1) is 22.1. The van der Waals surface area contributed by atoms with E-state index in [0.717, 1.165) is 5.56 Å². The molecule has 1 aliphatic heterocycles. The number of amides is 2. The van der Waals surface area contributed by atoms with Crippen LogP contribution in [0.3, 0.4) is 0 Å². The highest BCUT2D eigenvalue weighted by molar-refractivity contribution is 9.11. The lowest BCUT2D eigenvalue weighted by atomic mass is 9.95. The number of nitrogens with zero attached hydrogens (tertiary/aromatic N) is 2. The van der Waals surface area contributed by atoms with Gasteiger partial charge in [0.05, 0.1) is 52.1 Å². The van der Waals surface area contributed by atoms with Crippen LogP contribution in [-0.2, 0) is 16.1 Å². The minimum atomic E-state index is -1.17. The average molecular weight is 757 g/mol. The number of ether oxygens (including phenoxy) is 4. The third kappa shape index (κ3) is 8.57. The molecule has 2 atom stereocenters. The molecule has 1 heterocycles. The van der Waals surface area contributed by atoms with Crippen LogP contribution in [0.5, 0.6) is 17.2 Å². The van der Waals surface area contributed by atoms with E-state index in [4.69, 9.17) is 18.9 Å². The van der Waals surface area contributed by atoms with Crippen molar-refractivity contribution in [3.05, 3.63) is 97.1 Å². The zero-order valence-corrected chi connectivity index (χ0v) is 28.3. The van der Waals surface area contributed by atoms with Gasteiger partial charge >= 0.3 is 12.0 Å². The molecule has 3 aromatic carbocycles. The molecule has 46 heavy (non-hydrogen) atoms. The number of benzene rings is 3. The Morgan fingerprint density at radius 2 is 1.87 bits per heavy atom. The minimum absolute atomic E-state index is 0.169. The highest BCUT2D eigenvalue weighted by Crippen LogP contribution is 2.36. The molecule has 0 saturated heterocycles. The number of hydrazone groups is 1. The van der Waals surface area contributed by atoms with Crippen LogP contribution in [0.15, 0.2) is 79.9 Å². The van der Waals surface area contributed by atoms with E-state index in [1.54, 1.807) is 56.3 Å². The summed E-state index contributed by atoms with van der Waals surface area (Å²) in [6.07, 6.45) is 0.357. The molecule has 14 heteroatoms. The van der Waals surface area contributed by atoms with Crippen molar-refractivity contribution in [3.63, 3.8) is 0 Å². The van der Waals surface area contributed by atoms with Crippen LogP contribution >= 0.6 is 31.9 Å². The smallest absolute Gasteiger partial charge is 0.337 e. The third-order valence-corrected chi connectivity index (χ3v) is 7.82. The van der Waals surface area contributed by atoms with Gasteiger partial charge < -0.3 is 34.7 Å². The second kappa shape index (κ2) is 16.1. The zero-order chi connectivity index (χ0) is 33.2. The van der Waals surface area contributed by atoms with Gasteiger partial charge in [0.25, 0.3) is 0 Å². The topological polar surface area (TPSA) is 164 Å². The number of hydrogen-bond donors (Lipinski definition) is 4. The Labute approximate surface area is 282 Å². The van der Waals surface area contributed by atoms with Crippen molar-refractivity contribution in [2.24, 2.45) is 5.10 Å². The maximum atomic E-state index is 12.5. The van der Waals surface area contributed by atoms with Gasteiger partial charge in [-0.15, -0.1) is 0 Å². The summed E-state index contributed by atoms with van der Waals surface area (Å²) in [5.41, 5.74) is 5.87. The van der Waals surface area contributed by atoms with Gasteiger partial charge in [-0.2, -0.15) is 10.4 Å². The number of aliphatic hydroxyl groups is 1. The molecule has 0 aromatic heterocycles. The fourth-order valence-corrected chi connectivity index (χ4v) is 5.97. The van der Waals surface area contributed by atoms with Crippen molar-refractivity contribution in [1.29, 1.82) is 5.26 Å². The molecule has 3 aromatic rings. The monoisotopic (exact) mass is 755 g/mol. The molecule has 4 rings (SSSR count). The summed E-state index contributed by atoms with van der Waals surface area (Å²) in [6, 6.07) is 16.7. The first kappa shape index (κ1) is 34.3. The third-order valence-electron chi connectivity index (χ3n) is 6.64. The molecule has 2 amide bonds. The van der Waals surface area contributed by atoms with E-state index in [1.165, 1.54) is 13.3 Å². The van der Waals surface area contributed by atoms with Crippen LogP contribution in [-0.4, -0.2) is 49.9 Å². The van der Waals surface area contributed by atoms with E-state index in [-0.39, 0.29) is 18.8 Å². The lowest BCUT2D eigenvalue weighted by Crippen LogP contribution is -2.45. The summed E-state index contributed by atoms with van der Waals surface area (Å²) in [5.74, 6) is 0.693. The summed E-state index contributed by atoms with van der Waals surface area (Å²) < 4.78 is 23.8. The molecule has 12 nitrogen and oxygen atoms in total. The van der Waals surface area contributed by atoms with Crippen LogP contribution in [0.1, 0.15) is 42.1 Å². The maximum Gasteiger partial charge on any atom is 0.337 e. The molecule has 0 bridgehead atoms. The first-order valence-electron chi connectivity index (χ1n) is 14.0. The standard InChI is InChI=1S/C32H31Br2N5O7/c1-4-44-26-13-20(29-28(31(41)43-3)18(2)37-32(42)38-29)9-10-25(26)45-17-27(40)39-36-15-19-11-23(33)30(24(34)12-19)46-16-22-8-6-5-7-21(22)14-35/h5-13,15,27,29,39-40H,4,16-17H2,1-3H3,(H2,37,38,42)/b36-15-/t27-,29+/m0/s1. The largest absolute Gasteiger partial charge is 0.490 e. The quantitative estimate of drug-likeness (QED) is 0.0797. The number of methoxy groups -OCH3 is 1. The molecule has 240 valence electrons. The van der Waals surface area contributed by atoms with Crippen LogP contribution in [0.2, 0.25) is 0 Å². The Hall–Kier alpha value is -4.58. The van der Waals surface area contributed by atoms with Gasteiger partial charge in [0.2, 0.25) is 0 Å². The fraction of sp³-hybridized carbons (Fsp3) is 0.250. The summed E-state index contributed by atoms with van der Waals surface area (Å²) in [6.45, 7) is 3.80. The van der Waals surface area contributed by atoms with Crippen molar-refractivity contribution < 1.29 is 33.6 Å². The van der Waals surface area contributed by atoms with Crippen molar-refractivity contribution >= 4 is 50.1 Å². The Morgan fingerprint density at radius 3 is 2.57 bits per heavy atom. The van der Waals surface area contributed by atoms with Gasteiger partial charge in [-0.25, -0.2) is 9.59 Å². The van der Waals surface area contributed by atoms with E-state index in [9.17, 15) is 20.0 Å². The van der Waals surface area contributed by atoms with Crippen molar-refractivity contribution in [2.45, 2.75) is 32.7 Å².